The van der Waals surface area contributed by atoms with E-state index in [0.29, 0.717) is 17.0 Å². The van der Waals surface area contributed by atoms with E-state index in [4.69, 9.17) is 10.5 Å². The predicted molar refractivity (Wildman–Crippen MR) is 85.0 cm³/mol. The van der Waals surface area contributed by atoms with E-state index >= 15 is 0 Å². The van der Waals surface area contributed by atoms with Gasteiger partial charge in [-0.15, -0.1) is 0 Å². The highest BCUT2D eigenvalue weighted by Crippen LogP contribution is 2.20. The number of anilines is 1. The SMILES string of the molecule is Cc1cccc(OCC(=O)Nc2ccc(C(N)=O)cc2)c1C. The van der Waals surface area contributed by atoms with Gasteiger partial charge in [-0.05, 0) is 55.3 Å². The number of nitrogens with two attached hydrogens (primary N) is 1. The summed E-state index contributed by atoms with van der Waals surface area (Å²) in [4.78, 5) is 22.8. The van der Waals surface area contributed by atoms with E-state index in [2.05, 4.69) is 5.32 Å². The molecule has 0 aliphatic carbocycles. The van der Waals surface area contributed by atoms with Crippen molar-refractivity contribution in [3.8, 4) is 5.75 Å². The number of carbonyl (C=O) groups excluding carboxylic acids is 2. The summed E-state index contributed by atoms with van der Waals surface area (Å²) >= 11 is 0. The largest absolute Gasteiger partial charge is 0.483 e. The molecule has 2 aromatic carbocycles. The van der Waals surface area contributed by atoms with E-state index in [0.717, 1.165) is 11.1 Å². The molecule has 5 heteroatoms. The van der Waals surface area contributed by atoms with Crippen LogP contribution in [0.2, 0.25) is 0 Å². The molecule has 0 aromatic heterocycles. The van der Waals surface area contributed by atoms with Gasteiger partial charge in [0.25, 0.3) is 5.91 Å². The number of benzene rings is 2. The topological polar surface area (TPSA) is 81.4 Å². The highest BCUT2D eigenvalue weighted by molar-refractivity contribution is 5.95. The molecule has 0 saturated heterocycles. The third kappa shape index (κ3) is 3.85. The molecule has 0 fully saturated rings. The van der Waals surface area contributed by atoms with Crippen molar-refractivity contribution in [1.82, 2.24) is 0 Å². The van der Waals surface area contributed by atoms with Crippen molar-refractivity contribution >= 4 is 17.5 Å². The van der Waals surface area contributed by atoms with Crippen LogP contribution in [0.1, 0.15) is 21.5 Å². The minimum Gasteiger partial charge on any atom is -0.483 e. The highest BCUT2D eigenvalue weighted by atomic mass is 16.5. The van der Waals surface area contributed by atoms with Gasteiger partial charge in [-0.1, -0.05) is 12.1 Å². The number of nitrogens with one attached hydrogen (secondary N) is 1. The second-order valence-electron chi connectivity index (χ2n) is 4.98. The first-order valence-corrected chi connectivity index (χ1v) is 6.86. The molecule has 0 heterocycles. The van der Waals surface area contributed by atoms with Gasteiger partial charge < -0.3 is 15.8 Å². The third-order valence-electron chi connectivity index (χ3n) is 3.37. The smallest absolute Gasteiger partial charge is 0.262 e. The molecule has 0 radical (unpaired) electrons. The molecule has 0 saturated carbocycles. The monoisotopic (exact) mass is 298 g/mol. The van der Waals surface area contributed by atoms with Crippen LogP contribution in [0.3, 0.4) is 0 Å². The summed E-state index contributed by atoms with van der Waals surface area (Å²) in [6.07, 6.45) is 0. The molecule has 0 aliphatic heterocycles. The number of rotatable bonds is 5. The molecule has 3 N–H and O–H groups in total. The van der Waals surface area contributed by atoms with Crippen molar-refractivity contribution < 1.29 is 14.3 Å². The maximum absolute atomic E-state index is 11.9. The molecule has 2 amide bonds. The number of ether oxygens (including phenoxy) is 1. The second-order valence-corrected chi connectivity index (χ2v) is 4.98. The third-order valence-corrected chi connectivity index (χ3v) is 3.37. The molecule has 0 aliphatic rings. The molecule has 0 atom stereocenters. The quantitative estimate of drug-likeness (QED) is 0.889. The number of hydrogen-bond donors (Lipinski definition) is 2. The van der Waals surface area contributed by atoms with Gasteiger partial charge >= 0.3 is 0 Å². The maximum Gasteiger partial charge on any atom is 0.262 e. The number of amides is 2. The summed E-state index contributed by atoms with van der Waals surface area (Å²) < 4.78 is 5.53. The summed E-state index contributed by atoms with van der Waals surface area (Å²) in [7, 11) is 0. The molecule has 0 bridgehead atoms. The van der Waals surface area contributed by atoms with Crippen molar-refractivity contribution in [3.05, 3.63) is 59.2 Å². The summed E-state index contributed by atoms with van der Waals surface area (Å²) in [5.74, 6) is -0.0805. The first kappa shape index (κ1) is 15.6. The maximum atomic E-state index is 11.9. The average Bonchev–Trinajstić information content (AvgIpc) is 2.49. The lowest BCUT2D eigenvalue weighted by atomic mass is 10.1. The number of hydrogen-bond acceptors (Lipinski definition) is 3. The van der Waals surface area contributed by atoms with Gasteiger partial charge in [-0.2, -0.15) is 0 Å². The van der Waals surface area contributed by atoms with Gasteiger partial charge in [0.2, 0.25) is 5.91 Å². The van der Waals surface area contributed by atoms with Crippen LogP contribution >= 0.6 is 0 Å². The van der Waals surface area contributed by atoms with Crippen molar-refractivity contribution in [2.45, 2.75) is 13.8 Å². The number of aryl methyl sites for hydroxylation is 1. The van der Waals surface area contributed by atoms with Gasteiger partial charge in [0.05, 0.1) is 0 Å². The van der Waals surface area contributed by atoms with Gasteiger partial charge in [0.15, 0.2) is 6.61 Å². The first-order valence-electron chi connectivity index (χ1n) is 6.86. The first-order chi connectivity index (χ1) is 10.5. The fourth-order valence-corrected chi connectivity index (χ4v) is 1.94. The van der Waals surface area contributed by atoms with Gasteiger partial charge in [0.1, 0.15) is 5.75 Å². The molecule has 0 spiro atoms. The van der Waals surface area contributed by atoms with Crippen LogP contribution in [0, 0.1) is 13.8 Å². The fourth-order valence-electron chi connectivity index (χ4n) is 1.94. The average molecular weight is 298 g/mol. The molecule has 2 rings (SSSR count). The van der Waals surface area contributed by atoms with E-state index in [9.17, 15) is 9.59 Å². The zero-order valence-corrected chi connectivity index (χ0v) is 12.6. The van der Waals surface area contributed by atoms with Gasteiger partial charge in [-0.25, -0.2) is 0 Å². The summed E-state index contributed by atoms with van der Waals surface area (Å²) in [6, 6.07) is 12.1. The Morgan fingerprint density at radius 3 is 2.41 bits per heavy atom. The van der Waals surface area contributed by atoms with Crippen LogP contribution in [0.4, 0.5) is 5.69 Å². The van der Waals surface area contributed by atoms with Gasteiger partial charge in [-0.3, -0.25) is 9.59 Å². The van der Waals surface area contributed by atoms with Crippen LogP contribution in [0.5, 0.6) is 5.75 Å². The standard InChI is InChI=1S/C17H18N2O3/c1-11-4-3-5-15(12(11)2)22-10-16(20)19-14-8-6-13(7-9-14)17(18)21/h3-9H,10H2,1-2H3,(H2,18,21)(H,19,20). The van der Waals surface area contributed by atoms with E-state index in [1.807, 2.05) is 32.0 Å². The molecule has 5 nitrogen and oxygen atoms in total. The summed E-state index contributed by atoms with van der Waals surface area (Å²) in [6.45, 7) is 3.86. The molecule has 2 aromatic rings. The lowest BCUT2D eigenvalue weighted by Gasteiger charge is -2.11. The Morgan fingerprint density at radius 1 is 1.09 bits per heavy atom. The molecule has 0 unspecified atom stereocenters. The zero-order chi connectivity index (χ0) is 16.1. The lowest BCUT2D eigenvalue weighted by molar-refractivity contribution is -0.118. The van der Waals surface area contributed by atoms with Crippen LogP contribution in [0.25, 0.3) is 0 Å². The zero-order valence-electron chi connectivity index (χ0n) is 12.6. The van der Waals surface area contributed by atoms with Crippen molar-refractivity contribution in [3.63, 3.8) is 0 Å². The van der Waals surface area contributed by atoms with E-state index in [1.54, 1.807) is 24.3 Å². The van der Waals surface area contributed by atoms with Crippen LogP contribution < -0.4 is 15.8 Å². The predicted octanol–water partition coefficient (Wildman–Crippen LogP) is 2.42. The Labute approximate surface area is 129 Å². The van der Waals surface area contributed by atoms with E-state index < -0.39 is 5.91 Å². The highest BCUT2D eigenvalue weighted by Gasteiger charge is 2.07. The normalized spacial score (nSPS) is 10.1. The molecular formula is C17H18N2O3. The molecule has 22 heavy (non-hydrogen) atoms. The van der Waals surface area contributed by atoms with Crippen LogP contribution in [-0.4, -0.2) is 18.4 Å². The van der Waals surface area contributed by atoms with Crippen LogP contribution in [0.15, 0.2) is 42.5 Å². The molecular weight excluding hydrogens is 280 g/mol. The minimum atomic E-state index is -0.504. The Hall–Kier alpha value is -2.82. The summed E-state index contributed by atoms with van der Waals surface area (Å²) in [5, 5.41) is 2.70. The Kier molecular flexibility index (Phi) is 4.78. The van der Waals surface area contributed by atoms with Crippen molar-refractivity contribution in [2.24, 2.45) is 5.73 Å². The lowest BCUT2D eigenvalue weighted by Crippen LogP contribution is -2.20. The second kappa shape index (κ2) is 6.76. The minimum absolute atomic E-state index is 0.0815. The van der Waals surface area contributed by atoms with Crippen molar-refractivity contribution in [2.75, 3.05) is 11.9 Å². The number of primary amides is 1. The Balaban J connectivity index is 1.93. The Bertz CT molecular complexity index is 694. The van der Waals surface area contributed by atoms with Crippen molar-refractivity contribution in [1.29, 1.82) is 0 Å². The van der Waals surface area contributed by atoms with E-state index in [1.165, 1.54) is 0 Å². The van der Waals surface area contributed by atoms with Crippen LogP contribution in [-0.2, 0) is 4.79 Å². The fraction of sp³-hybridized carbons (Fsp3) is 0.176. The summed E-state index contributed by atoms with van der Waals surface area (Å²) in [5.41, 5.74) is 8.26. The Morgan fingerprint density at radius 2 is 1.77 bits per heavy atom. The number of carbonyl (C=O) groups is 2. The molecule has 114 valence electrons. The van der Waals surface area contributed by atoms with Gasteiger partial charge in [0, 0.05) is 11.3 Å². The van der Waals surface area contributed by atoms with E-state index in [-0.39, 0.29) is 12.5 Å².